The maximum Gasteiger partial charge on any atom is 0.267 e. The first-order valence-corrected chi connectivity index (χ1v) is 5.31. The van der Waals surface area contributed by atoms with Crippen LogP contribution in [-0.2, 0) is 0 Å². The maximum atomic E-state index is 11.6. The van der Waals surface area contributed by atoms with E-state index >= 15 is 0 Å². The van der Waals surface area contributed by atoms with Gasteiger partial charge in [0.1, 0.15) is 5.69 Å². The highest BCUT2D eigenvalue weighted by Crippen LogP contribution is 1.98. The Morgan fingerprint density at radius 3 is 2.94 bits per heavy atom. The van der Waals surface area contributed by atoms with Crippen LogP contribution in [0.1, 0.15) is 23.8 Å². The first-order chi connectivity index (χ1) is 7.63. The van der Waals surface area contributed by atoms with E-state index < -0.39 is 0 Å². The smallest absolute Gasteiger partial charge is 0.267 e. The van der Waals surface area contributed by atoms with Gasteiger partial charge >= 0.3 is 0 Å². The van der Waals surface area contributed by atoms with E-state index in [0.717, 1.165) is 6.42 Å². The standard InChI is InChI=1S/C11H17N3O2/c1-8(5-6-12)7-13-11(16)9-3-2-4-10(15)14-9/h2-4,8H,5-7,12H2,1H3,(H,13,16)(H,14,15). The Bertz CT molecular complexity index is 400. The number of pyridine rings is 1. The Labute approximate surface area is 94.1 Å². The normalized spacial score (nSPS) is 12.1. The second-order valence-corrected chi connectivity index (χ2v) is 3.82. The second-order valence-electron chi connectivity index (χ2n) is 3.82. The van der Waals surface area contributed by atoms with Crippen molar-refractivity contribution in [3.05, 3.63) is 34.2 Å². The molecule has 16 heavy (non-hydrogen) atoms. The van der Waals surface area contributed by atoms with Gasteiger partial charge in [-0.1, -0.05) is 13.0 Å². The Hall–Kier alpha value is -1.62. The molecule has 0 aliphatic rings. The van der Waals surface area contributed by atoms with Gasteiger partial charge in [-0.05, 0) is 24.9 Å². The second kappa shape index (κ2) is 6.07. The van der Waals surface area contributed by atoms with Gasteiger partial charge in [0, 0.05) is 12.6 Å². The third-order valence-electron chi connectivity index (χ3n) is 2.28. The molecule has 0 radical (unpaired) electrons. The van der Waals surface area contributed by atoms with Crippen molar-refractivity contribution in [3.8, 4) is 0 Å². The van der Waals surface area contributed by atoms with E-state index in [0.29, 0.717) is 19.0 Å². The molecule has 0 saturated carbocycles. The molecule has 0 bridgehead atoms. The molecule has 5 nitrogen and oxygen atoms in total. The number of nitrogens with one attached hydrogen (secondary N) is 2. The predicted octanol–water partition coefficient (Wildman–Crippen LogP) is 0.0896. The molecule has 0 fully saturated rings. The van der Waals surface area contributed by atoms with Crippen LogP contribution in [0.5, 0.6) is 0 Å². The van der Waals surface area contributed by atoms with Gasteiger partial charge in [0.05, 0.1) is 0 Å². The van der Waals surface area contributed by atoms with Crippen LogP contribution in [0.25, 0.3) is 0 Å². The van der Waals surface area contributed by atoms with Crippen molar-refractivity contribution in [2.24, 2.45) is 11.7 Å². The van der Waals surface area contributed by atoms with Crippen molar-refractivity contribution in [1.82, 2.24) is 10.3 Å². The Morgan fingerprint density at radius 2 is 2.31 bits per heavy atom. The fourth-order valence-electron chi connectivity index (χ4n) is 1.33. The van der Waals surface area contributed by atoms with Crippen molar-refractivity contribution in [3.63, 3.8) is 0 Å². The maximum absolute atomic E-state index is 11.6. The first kappa shape index (κ1) is 12.4. The van der Waals surface area contributed by atoms with E-state index in [1.807, 2.05) is 6.92 Å². The average Bonchev–Trinajstić information content (AvgIpc) is 2.26. The fraction of sp³-hybridized carbons (Fsp3) is 0.455. The number of hydrogen-bond donors (Lipinski definition) is 3. The number of nitrogens with two attached hydrogens (primary N) is 1. The summed E-state index contributed by atoms with van der Waals surface area (Å²) >= 11 is 0. The van der Waals surface area contributed by atoms with E-state index in [9.17, 15) is 9.59 Å². The van der Waals surface area contributed by atoms with Crippen molar-refractivity contribution < 1.29 is 4.79 Å². The minimum absolute atomic E-state index is 0.262. The molecule has 1 atom stereocenters. The zero-order valence-corrected chi connectivity index (χ0v) is 9.32. The van der Waals surface area contributed by atoms with Crippen LogP contribution in [0.2, 0.25) is 0 Å². The number of H-pyrrole nitrogens is 1. The molecule has 5 heteroatoms. The van der Waals surface area contributed by atoms with Crippen molar-refractivity contribution in [2.75, 3.05) is 13.1 Å². The fourth-order valence-corrected chi connectivity index (χ4v) is 1.33. The number of aromatic nitrogens is 1. The lowest BCUT2D eigenvalue weighted by molar-refractivity contribution is 0.0942. The highest BCUT2D eigenvalue weighted by molar-refractivity contribution is 5.92. The highest BCUT2D eigenvalue weighted by Gasteiger charge is 2.07. The van der Waals surface area contributed by atoms with Crippen LogP contribution in [0, 0.1) is 5.92 Å². The summed E-state index contributed by atoms with van der Waals surface area (Å²) in [6.07, 6.45) is 0.867. The van der Waals surface area contributed by atoms with E-state index in [-0.39, 0.29) is 17.2 Å². The summed E-state index contributed by atoms with van der Waals surface area (Å²) in [6, 6.07) is 4.50. The SMILES string of the molecule is CC(CCN)CNC(=O)c1cccc(=O)[nH]1. The minimum atomic E-state index is -0.275. The van der Waals surface area contributed by atoms with Gasteiger partial charge in [0.15, 0.2) is 0 Å². The van der Waals surface area contributed by atoms with Gasteiger partial charge < -0.3 is 16.0 Å². The molecule has 1 unspecified atom stereocenters. The number of aromatic amines is 1. The van der Waals surface area contributed by atoms with Crippen LogP contribution in [0.4, 0.5) is 0 Å². The van der Waals surface area contributed by atoms with Gasteiger partial charge in [-0.15, -0.1) is 0 Å². The molecule has 4 N–H and O–H groups in total. The van der Waals surface area contributed by atoms with Gasteiger partial charge in [-0.3, -0.25) is 9.59 Å². The van der Waals surface area contributed by atoms with E-state index in [1.54, 1.807) is 12.1 Å². The topological polar surface area (TPSA) is 88.0 Å². The van der Waals surface area contributed by atoms with Crippen LogP contribution in [-0.4, -0.2) is 24.0 Å². The van der Waals surface area contributed by atoms with Crippen molar-refractivity contribution in [1.29, 1.82) is 0 Å². The summed E-state index contributed by atoms with van der Waals surface area (Å²) in [4.78, 5) is 25.0. The van der Waals surface area contributed by atoms with E-state index in [1.165, 1.54) is 6.07 Å². The molecule has 88 valence electrons. The van der Waals surface area contributed by atoms with Crippen LogP contribution in [0.15, 0.2) is 23.0 Å². The summed E-state index contributed by atoms with van der Waals surface area (Å²) in [7, 11) is 0. The molecule has 0 saturated heterocycles. The number of rotatable bonds is 5. The zero-order chi connectivity index (χ0) is 12.0. The quantitative estimate of drug-likeness (QED) is 0.661. The van der Waals surface area contributed by atoms with Crippen LogP contribution in [0.3, 0.4) is 0 Å². The molecule has 1 amide bonds. The van der Waals surface area contributed by atoms with Gasteiger partial charge in [0.2, 0.25) is 5.56 Å². The predicted molar refractivity (Wildman–Crippen MR) is 62.2 cm³/mol. The molecular weight excluding hydrogens is 206 g/mol. The molecule has 0 spiro atoms. The summed E-state index contributed by atoms with van der Waals surface area (Å²) < 4.78 is 0. The third kappa shape index (κ3) is 3.86. The van der Waals surface area contributed by atoms with E-state index in [4.69, 9.17) is 5.73 Å². The molecule has 0 aliphatic carbocycles. The lowest BCUT2D eigenvalue weighted by Crippen LogP contribution is -2.30. The van der Waals surface area contributed by atoms with Crippen LogP contribution < -0.4 is 16.6 Å². The summed E-state index contributed by atoms with van der Waals surface area (Å²) in [5.41, 5.74) is 5.42. The highest BCUT2D eigenvalue weighted by atomic mass is 16.2. The summed E-state index contributed by atoms with van der Waals surface area (Å²) in [5.74, 6) is 0.0750. The molecule has 1 heterocycles. The number of carbonyl (C=O) groups excluding carboxylic acids is 1. The molecule has 0 aromatic carbocycles. The Balaban J connectivity index is 2.50. The summed E-state index contributed by atoms with van der Waals surface area (Å²) in [5, 5.41) is 2.75. The average molecular weight is 223 g/mol. The number of hydrogen-bond acceptors (Lipinski definition) is 3. The molecule has 0 aliphatic heterocycles. The summed E-state index contributed by atoms with van der Waals surface area (Å²) in [6.45, 7) is 3.19. The molecule has 1 rings (SSSR count). The van der Waals surface area contributed by atoms with Crippen molar-refractivity contribution in [2.45, 2.75) is 13.3 Å². The Morgan fingerprint density at radius 1 is 1.56 bits per heavy atom. The molecule has 1 aromatic heterocycles. The van der Waals surface area contributed by atoms with Gasteiger partial charge in [-0.25, -0.2) is 0 Å². The largest absolute Gasteiger partial charge is 0.351 e. The lowest BCUT2D eigenvalue weighted by atomic mass is 10.1. The Kier molecular flexibility index (Phi) is 4.72. The molecule has 1 aromatic rings. The number of carbonyl (C=O) groups is 1. The van der Waals surface area contributed by atoms with Gasteiger partial charge in [0.25, 0.3) is 5.91 Å². The monoisotopic (exact) mass is 223 g/mol. The third-order valence-corrected chi connectivity index (χ3v) is 2.28. The first-order valence-electron chi connectivity index (χ1n) is 5.31. The number of amides is 1. The molecular formula is C11H17N3O2. The van der Waals surface area contributed by atoms with Gasteiger partial charge in [-0.2, -0.15) is 0 Å². The lowest BCUT2D eigenvalue weighted by Gasteiger charge is -2.10. The minimum Gasteiger partial charge on any atom is -0.351 e. The van der Waals surface area contributed by atoms with Crippen LogP contribution >= 0.6 is 0 Å². The zero-order valence-electron chi connectivity index (χ0n) is 9.32. The van der Waals surface area contributed by atoms with Crippen molar-refractivity contribution >= 4 is 5.91 Å². The van der Waals surface area contributed by atoms with E-state index in [2.05, 4.69) is 10.3 Å².